The van der Waals surface area contributed by atoms with Crippen LogP contribution in [0.5, 0.6) is 0 Å². The van der Waals surface area contributed by atoms with Crippen LogP contribution < -0.4 is 0 Å². The molecule has 1 aromatic rings. The van der Waals surface area contributed by atoms with E-state index < -0.39 is 0 Å². The van der Waals surface area contributed by atoms with Crippen molar-refractivity contribution in [3.63, 3.8) is 0 Å². The summed E-state index contributed by atoms with van der Waals surface area (Å²) in [6.07, 6.45) is 0. The lowest BCUT2D eigenvalue weighted by Crippen LogP contribution is -1.91. The maximum atomic E-state index is 2.26. The van der Waals surface area contributed by atoms with Crippen molar-refractivity contribution >= 4 is 11.8 Å². The Morgan fingerprint density at radius 2 is 1.44 bits per heavy atom. The molecular weight excluding hydrogens is 212 g/mol. The standard InChI is InChI=1S/C11H16S.2C2H6/c1-10(2)8-12-9-11-6-4-3-5-7-11;2*1-2/h3-7,10H,8-9H2,1-2H3;2*1-2H3. The first-order valence-corrected chi connectivity index (χ1v) is 7.56. The van der Waals surface area contributed by atoms with Crippen LogP contribution in [0.4, 0.5) is 0 Å². The van der Waals surface area contributed by atoms with Crippen LogP contribution in [-0.2, 0) is 5.75 Å². The van der Waals surface area contributed by atoms with Gasteiger partial charge in [0.2, 0.25) is 0 Å². The third-order valence-corrected chi connectivity index (χ3v) is 3.00. The zero-order chi connectivity index (χ0) is 12.8. The Labute approximate surface area is 107 Å². The van der Waals surface area contributed by atoms with E-state index in [1.54, 1.807) is 0 Å². The fourth-order valence-electron chi connectivity index (χ4n) is 0.987. The highest BCUT2D eigenvalue weighted by atomic mass is 32.2. The summed E-state index contributed by atoms with van der Waals surface area (Å²) in [7, 11) is 0. The van der Waals surface area contributed by atoms with Crippen LogP contribution in [0, 0.1) is 5.92 Å². The molecule has 0 atom stereocenters. The molecule has 0 aliphatic heterocycles. The second-order valence-electron chi connectivity index (χ2n) is 3.39. The SMILES string of the molecule is CC.CC.CC(C)CSCc1ccccc1. The molecule has 0 aliphatic rings. The first-order valence-electron chi connectivity index (χ1n) is 6.40. The van der Waals surface area contributed by atoms with Crippen LogP contribution in [-0.4, -0.2) is 5.75 Å². The van der Waals surface area contributed by atoms with Crippen molar-refractivity contribution in [2.45, 2.75) is 47.3 Å². The van der Waals surface area contributed by atoms with Crippen molar-refractivity contribution in [2.24, 2.45) is 5.92 Å². The van der Waals surface area contributed by atoms with Crippen molar-refractivity contribution in [3.05, 3.63) is 35.9 Å². The lowest BCUT2D eigenvalue weighted by molar-refractivity contribution is 0.750. The van der Waals surface area contributed by atoms with Crippen LogP contribution in [0.15, 0.2) is 30.3 Å². The highest BCUT2D eigenvalue weighted by molar-refractivity contribution is 7.98. The summed E-state index contributed by atoms with van der Waals surface area (Å²) in [5.41, 5.74) is 1.43. The molecule has 0 spiro atoms. The van der Waals surface area contributed by atoms with E-state index in [1.165, 1.54) is 11.3 Å². The summed E-state index contributed by atoms with van der Waals surface area (Å²) >= 11 is 2.01. The van der Waals surface area contributed by atoms with Crippen molar-refractivity contribution in [2.75, 3.05) is 5.75 Å². The summed E-state index contributed by atoms with van der Waals surface area (Å²) in [4.78, 5) is 0. The molecule has 1 heteroatoms. The lowest BCUT2D eigenvalue weighted by atomic mass is 10.2. The molecule has 0 unspecified atom stereocenters. The molecule has 0 radical (unpaired) electrons. The van der Waals surface area contributed by atoms with E-state index in [2.05, 4.69) is 44.2 Å². The van der Waals surface area contributed by atoms with Crippen LogP contribution in [0.1, 0.15) is 47.1 Å². The molecule has 0 fully saturated rings. The molecule has 0 heterocycles. The van der Waals surface area contributed by atoms with Gasteiger partial charge in [0, 0.05) is 5.75 Å². The van der Waals surface area contributed by atoms with E-state index in [4.69, 9.17) is 0 Å². The molecule has 0 amide bonds. The van der Waals surface area contributed by atoms with Crippen LogP contribution in [0.25, 0.3) is 0 Å². The van der Waals surface area contributed by atoms with Crippen molar-refractivity contribution in [1.82, 2.24) is 0 Å². The van der Waals surface area contributed by atoms with Crippen molar-refractivity contribution in [1.29, 1.82) is 0 Å². The fraction of sp³-hybridized carbons (Fsp3) is 0.600. The molecule has 0 saturated carbocycles. The highest BCUT2D eigenvalue weighted by Crippen LogP contribution is 2.14. The number of hydrogen-bond acceptors (Lipinski definition) is 1. The van der Waals surface area contributed by atoms with Gasteiger partial charge in [0.05, 0.1) is 0 Å². The molecule has 0 bridgehead atoms. The number of benzene rings is 1. The molecule has 1 aromatic carbocycles. The van der Waals surface area contributed by atoms with E-state index in [9.17, 15) is 0 Å². The van der Waals surface area contributed by atoms with E-state index in [0.29, 0.717) is 0 Å². The van der Waals surface area contributed by atoms with Gasteiger partial charge in [-0.2, -0.15) is 11.8 Å². The Bertz CT molecular complexity index is 204. The van der Waals surface area contributed by atoms with E-state index >= 15 is 0 Å². The highest BCUT2D eigenvalue weighted by Gasteiger charge is 1.94. The maximum Gasteiger partial charge on any atom is 0.0184 e. The first-order chi connectivity index (χ1) is 7.79. The van der Waals surface area contributed by atoms with Gasteiger partial charge in [-0.1, -0.05) is 71.9 Å². The molecule has 0 aliphatic carbocycles. The van der Waals surface area contributed by atoms with Gasteiger partial charge in [-0.05, 0) is 17.2 Å². The van der Waals surface area contributed by atoms with Gasteiger partial charge < -0.3 is 0 Å². The molecule has 0 N–H and O–H groups in total. The molecule has 94 valence electrons. The third kappa shape index (κ3) is 11.6. The minimum absolute atomic E-state index is 0.804. The number of thioether (sulfide) groups is 1. The average Bonchev–Trinajstić information content (AvgIpc) is 2.35. The fourth-order valence-corrected chi connectivity index (χ4v) is 2.00. The van der Waals surface area contributed by atoms with Gasteiger partial charge in [-0.3, -0.25) is 0 Å². The first kappa shape index (κ1) is 17.9. The van der Waals surface area contributed by atoms with Crippen LogP contribution in [0.2, 0.25) is 0 Å². The maximum absolute atomic E-state index is 2.26. The van der Waals surface area contributed by atoms with Gasteiger partial charge >= 0.3 is 0 Å². The largest absolute Gasteiger partial charge is 0.157 e. The zero-order valence-electron chi connectivity index (χ0n) is 11.8. The average molecular weight is 240 g/mol. The lowest BCUT2D eigenvalue weighted by Gasteiger charge is -2.03. The molecule has 1 rings (SSSR count). The molecule has 0 saturated heterocycles. The van der Waals surface area contributed by atoms with Gasteiger partial charge in [0.1, 0.15) is 0 Å². The van der Waals surface area contributed by atoms with Crippen LogP contribution in [0.3, 0.4) is 0 Å². The normalized spacial score (nSPS) is 8.69. The molecular formula is C15H28S. The molecule has 0 aromatic heterocycles. The third-order valence-electron chi connectivity index (χ3n) is 1.56. The Morgan fingerprint density at radius 3 is 1.88 bits per heavy atom. The Kier molecular flexibility index (Phi) is 16.3. The smallest absolute Gasteiger partial charge is 0.0184 e. The summed E-state index contributed by atoms with van der Waals surface area (Å²) in [5, 5.41) is 0. The van der Waals surface area contributed by atoms with E-state index in [-0.39, 0.29) is 0 Å². The predicted molar refractivity (Wildman–Crippen MR) is 80.1 cm³/mol. The second kappa shape index (κ2) is 14.6. The second-order valence-corrected chi connectivity index (χ2v) is 4.42. The summed E-state index contributed by atoms with van der Waals surface area (Å²) in [6, 6.07) is 10.6. The Balaban J connectivity index is 0. The quantitative estimate of drug-likeness (QED) is 0.657. The molecule has 16 heavy (non-hydrogen) atoms. The summed E-state index contributed by atoms with van der Waals surface area (Å²) in [6.45, 7) is 12.5. The van der Waals surface area contributed by atoms with Gasteiger partial charge in [-0.15, -0.1) is 0 Å². The summed E-state index contributed by atoms with van der Waals surface area (Å²) in [5.74, 6) is 3.21. The molecule has 0 nitrogen and oxygen atoms in total. The van der Waals surface area contributed by atoms with E-state index in [1.807, 2.05) is 39.5 Å². The topological polar surface area (TPSA) is 0 Å². The Morgan fingerprint density at radius 1 is 0.938 bits per heavy atom. The van der Waals surface area contributed by atoms with Gasteiger partial charge in [-0.25, -0.2) is 0 Å². The van der Waals surface area contributed by atoms with Gasteiger partial charge in [0.15, 0.2) is 0 Å². The van der Waals surface area contributed by atoms with Gasteiger partial charge in [0.25, 0.3) is 0 Å². The predicted octanol–water partition coefficient (Wildman–Crippen LogP) is 5.63. The minimum atomic E-state index is 0.804. The minimum Gasteiger partial charge on any atom is -0.157 e. The van der Waals surface area contributed by atoms with Crippen LogP contribution >= 0.6 is 11.8 Å². The summed E-state index contributed by atoms with van der Waals surface area (Å²) < 4.78 is 0. The van der Waals surface area contributed by atoms with Crippen molar-refractivity contribution in [3.8, 4) is 0 Å². The zero-order valence-corrected chi connectivity index (χ0v) is 12.6. The van der Waals surface area contributed by atoms with Crippen molar-refractivity contribution < 1.29 is 0 Å². The number of hydrogen-bond donors (Lipinski definition) is 0. The Hall–Kier alpha value is -0.430. The van der Waals surface area contributed by atoms with E-state index in [0.717, 1.165) is 11.7 Å². The monoisotopic (exact) mass is 240 g/mol. The number of rotatable bonds is 4.